The molecular formula is C64H70N4O13. The number of ether oxygens (including phenoxy) is 2. The number of hydrogen-bond acceptors (Lipinski definition) is 11. The van der Waals surface area contributed by atoms with Gasteiger partial charge in [0.1, 0.15) is 13.2 Å². The summed E-state index contributed by atoms with van der Waals surface area (Å²) in [6.07, 6.45) is 20.1. The zero-order valence-corrected chi connectivity index (χ0v) is 45.3. The summed E-state index contributed by atoms with van der Waals surface area (Å²) in [6, 6.07) is 31.9. The van der Waals surface area contributed by atoms with Crippen LogP contribution in [-0.4, -0.2) is 102 Å². The number of nitrogens with one attached hydrogen (secondary N) is 3. The minimum atomic E-state index is -1.09. The molecule has 6 rings (SSSR count). The van der Waals surface area contributed by atoms with E-state index >= 15 is 0 Å². The first kappa shape index (κ1) is 64.4. The average Bonchev–Trinajstić information content (AvgIpc) is 4.22. The van der Waals surface area contributed by atoms with Crippen molar-refractivity contribution in [1.82, 2.24) is 16.0 Å². The highest BCUT2D eigenvalue weighted by Crippen LogP contribution is 2.47. The largest absolute Gasteiger partial charge is 0.481 e. The first-order valence-corrected chi connectivity index (χ1v) is 26.5. The van der Waals surface area contributed by atoms with Gasteiger partial charge < -0.3 is 46.5 Å². The van der Waals surface area contributed by atoms with Gasteiger partial charge in [-0.3, -0.25) is 38.4 Å². The third kappa shape index (κ3) is 20.5. The lowest BCUT2D eigenvalue weighted by atomic mass is 9.72. The molecule has 0 spiro atoms. The number of aliphatic carboxylic acids is 3. The second kappa shape index (κ2) is 33.3. The Balaban J connectivity index is 0.000000334. The van der Waals surface area contributed by atoms with E-state index in [1.165, 1.54) is 0 Å². The maximum absolute atomic E-state index is 13.5. The Morgan fingerprint density at radius 2 is 0.679 bits per heavy atom. The van der Waals surface area contributed by atoms with Crippen LogP contribution in [0.5, 0.6) is 0 Å². The molecule has 4 aromatic rings. The van der Waals surface area contributed by atoms with Gasteiger partial charge >= 0.3 is 29.8 Å². The van der Waals surface area contributed by atoms with Crippen molar-refractivity contribution in [3.63, 3.8) is 0 Å². The van der Waals surface area contributed by atoms with Gasteiger partial charge in [-0.15, -0.1) is 25.7 Å². The molecule has 2 aliphatic rings. The van der Waals surface area contributed by atoms with Crippen molar-refractivity contribution < 1.29 is 63.1 Å². The molecule has 0 heterocycles. The summed E-state index contributed by atoms with van der Waals surface area (Å²) in [6.45, 7) is 0.778. The Morgan fingerprint density at radius 3 is 0.914 bits per heavy atom. The zero-order valence-electron chi connectivity index (χ0n) is 45.3. The lowest BCUT2D eigenvalue weighted by Crippen LogP contribution is -2.34. The monoisotopic (exact) mass is 1100 g/mol. The third-order valence-corrected chi connectivity index (χ3v) is 14.3. The van der Waals surface area contributed by atoms with Gasteiger partial charge in [-0.1, -0.05) is 121 Å². The van der Waals surface area contributed by atoms with Crippen molar-refractivity contribution in [3.8, 4) is 71.6 Å². The van der Waals surface area contributed by atoms with E-state index in [-0.39, 0.29) is 152 Å². The van der Waals surface area contributed by atoms with Crippen molar-refractivity contribution in [2.45, 2.75) is 102 Å². The first-order chi connectivity index (χ1) is 38.9. The van der Waals surface area contributed by atoms with Crippen molar-refractivity contribution in [2.24, 2.45) is 16.6 Å². The van der Waals surface area contributed by atoms with Crippen molar-refractivity contribution in [3.05, 3.63) is 119 Å². The fraction of sp³-hybridized carbons (Fsp3) is 0.375. The maximum atomic E-state index is 13.5. The minimum Gasteiger partial charge on any atom is -0.481 e. The summed E-state index contributed by atoms with van der Waals surface area (Å²) < 4.78 is 11.5. The third-order valence-electron chi connectivity index (χ3n) is 14.3. The molecule has 0 fully saturated rings. The van der Waals surface area contributed by atoms with Gasteiger partial charge in [-0.05, 0) is 93.9 Å². The van der Waals surface area contributed by atoms with E-state index in [1.54, 1.807) is 0 Å². The molecule has 8 N–H and O–H groups in total. The fourth-order valence-corrected chi connectivity index (χ4v) is 10.2. The van der Waals surface area contributed by atoms with Crippen LogP contribution in [0.4, 0.5) is 0 Å². The normalized spacial score (nSPS) is 11.7. The standard InChI is InChI=1S/C35H37N3O5.C26H28O8.C3H5N/c1-4-21-36-31(39)15-18-35(19-16-32(40)37-22-5-2,20-17-33(41)38-23-6-3)24-34(42)43-25-30-28-13-9-7-11-26(28)27-12-8-10-14-29(27)30;27-22(28)9-12-26(13-10-23(29)30,14-11-24(31)32)15-25(33)34-16-21-19-7-3-1-5-17(19)18-6-2-4-8-20(18)21;1-2-3-4/h1-3,7-14,30H,15-25H2,(H,36,39)(H,37,40)(H,38,41);1-8,21H,9-16H2,(H,27,28)(H,29,30)(H,31,32);1H,3-4H2. The number of benzene rings is 4. The van der Waals surface area contributed by atoms with Gasteiger partial charge in [0, 0.05) is 50.4 Å². The summed E-state index contributed by atoms with van der Waals surface area (Å²) in [7, 11) is 0. The van der Waals surface area contributed by atoms with E-state index in [0.29, 0.717) is 6.54 Å². The predicted octanol–water partition coefficient (Wildman–Crippen LogP) is 7.20. The molecule has 17 nitrogen and oxygen atoms in total. The van der Waals surface area contributed by atoms with E-state index in [1.807, 2.05) is 84.9 Å². The predicted molar refractivity (Wildman–Crippen MR) is 305 cm³/mol. The topological polar surface area (TPSA) is 278 Å². The molecule has 0 aromatic heterocycles. The van der Waals surface area contributed by atoms with Crippen LogP contribution in [0, 0.1) is 60.2 Å². The van der Waals surface area contributed by atoms with Gasteiger partial charge in [-0.25, -0.2) is 0 Å². The molecule has 0 atom stereocenters. The van der Waals surface area contributed by atoms with Crippen molar-refractivity contribution in [2.75, 3.05) is 39.4 Å². The fourth-order valence-electron chi connectivity index (χ4n) is 10.2. The molecule has 17 heteroatoms. The number of carboxylic acid groups (broad SMARTS) is 3. The molecule has 81 heavy (non-hydrogen) atoms. The van der Waals surface area contributed by atoms with E-state index < -0.39 is 40.7 Å². The highest BCUT2D eigenvalue weighted by Gasteiger charge is 2.38. The van der Waals surface area contributed by atoms with E-state index in [2.05, 4.69) is 58.2 Å². The number of esters is 2. The highest BCUT2D eigenvalue weighted by molar-refractivity contribution is 5.82. The van der Waals surface area contributed by atoms with Crippen LogP contribution in [-0.2, 0) is 47.8 Å². The van der Waals surface area contributed by atoms with Gasteiger partial charge in [0.2, 0.25) is 17.7 Å². The number of carbonyl (C=O) groups is 8. The number of amides is 3. The first-order valence-electron chi connectivity index (χ1n) is 26.5. The summed E-state index contributed by atoms with van der Waals surface area (Å²) >= 11 is 0. The Bertz CT molecular complexity index is 2810. The summed E-state index contributed by atoms with van der Waals surface area (Å²) in [5, 5.41) is 35.3. The van der Waals surface area contributed by atoms with Crippen molar-refractivity contribution >= 4 is 47.6 Å². The van der Waals surface area contributed by atoms with Crippen LogP contribution in [0.2, 0.25) is 0 Å². The highest BCUT2D eigenvalue weighted by atomic mass is 16.5. The summed E-state index contributed by atoms with van der Waals surface area (Å²) in [5.74, 6) is 3.80. The van der Waals surface area contributed by atoms with E-state index in [4.69, 9.17) is 49.8 Å². The molecule has 4 aromatic carbocycles. The molecule has 0 saturated heterocycles. The Morgan fingerprint density at radius 1 is 0.432 bits per heavy atom. The van der Waals surface area contributed by atoms with Crippen LogP contribution in [0.25, 0.3) is 22.3 Å². The van der Waals surface area contributed by atoms with Crippen molar-refractivity contribution in [1.29, 1.82) is 0 Å². The molecular weight excluding hydrogens is 1030 g/mol. The average molecular weight is 1100 g/mol. The summed E-state index contributed by atoms with van der Waals surface area (Å²) in [5.41, 5.74) is 11.5. The summed E-state index contributed by atoms with van der Waals surface area (Å²) in [4.78, 5) is 97.5. The maximum Gasteiger partial charge on any atom is 0.306 e. The van der Waals surface area contributed by atoms with Crippen LogP contribution < -0.4 is 21.7 Å². The Labute approximate surface area is 473 Å². The van der Waals surface area contributed by atoms with Crippen LogP contribution in [0.3, 0.4) is 0 Å². The zero-order chi connectivity index (χ0) is 59.2. The molecule has 0 radical (unpaired) electrons. The minimum absolute atomic E-state index is 0.00686. The SMILES string of the molecule is C#CCN.C#CCNC(=O)CCC(CCC(=O)NCC#C)(CCC(=O)NCC#C)CC(=O)OCC1c2ccccc2-c2ccccc21.O=C(O)CCC(CCC(=O)O)(CCC(=O)O)CC(=O)OCC1c2ccccc2-c2ccccc21. The number of hydrogen-bond donors (Lipinski definition) is 7. The molecule has 0 bridgehead atoms. The number of terminal acetylenes is 4. The second-order valence-electron chi connectivity index (χ2n) is 19.7. The molecule has 0 saturated carbocycles. The van der Waals surface area contributed by atoms with Crippen LogP contribution in [0.15, 0.2) is 97.1 Å². The van der Waals surface area contributed by atoms with Gasteiger partial charge in [0.25, 0.3) is 0 Å². The number of carbonyl (C=O) groups excluding carboxylic acids is 5. The van der Waals surface area contributed by atoms with E-state index in [9.17, 15) is 38.4 Å². The Kier molecular flexibility index (Phi) is 26.5. The molecule has 2 aliphatic carbocycles. The molecule has 0 aliphatic heterocycles. The van der Waals surface area contributed by atoms with Crippen LogP contribution in [0.1, 0.15) is 124 Å². The molecule has 3 amide bonds. The van der Waals surface area contributed by atoms with Gasteiger partial charge in [0.05, 0.1) is 39.0 Å². The number of fused-ring (bicyclic) bond motifs is 6. The lowest BCUT2D eigenvalue weighted by Gasteiger charge is -2.33. The van der Waals surface area contributed by atoms with E-state index in [0.717, 1.165) is 44.5 Å². The number of nitrogens with two attached hydrogens (primary N) is 1. The molecule has 424 valence electrons. The second-order valence-corrected chi connectivity index (χ2v) is 19.7. The smallest absolute Gasteiger partial charge is 0.306 e. The number of carboxylic acids is 3. The lowest BCUT2D eigenvalue weighted by molar-refractivity contribution is -0.150. The quantitative estimate of drug-likeness (QED) is 0.0209. The Hall–Kier alpha value is -9.16. The van der Waals surface area contributed by atoms with Gasteiger partial charge in [-0.2, -0.15) is 0 Å². The molecule has 0 unspecified atom stereocenters. The van der Waals surface area contributed by atoms with Crippen LogP contribution >= 0.6 is 0 Å². The number of rotatable bonds is 29. The van der Waals surface area contributed by atoms with Gasteiger partial charge in [0.15, 0.2) is 0 Å².